The molecule has 0 amide bonds. The largest absolute Gasteiger partial charge is 0.331 e. The molecule has 0 N–H and O–H groups in total. The van der Waals surface area contributed by atoms with Crippen molar-refractivity contribution in [2.24, 2.45) is 0 Å². The number of hydrogen-bond donors (Lipinski definition) is 0. The van der Waals surface area contributed by atoms with Gasteiger partial charge in [-0.05, 0) is 17.7 Å². The normalized spacial score (nSPS) is 10.4. The van der Waals surface area contributed by atoms with Gasteiger partial charge in [-0.25, -0.2) is 0 Å². The molecule has 5 heteroatoms. The summed E-state index contributed by atoms with van der Waals surface area (Å²) >= 11 is 5.77. The van der Waals surface area contributed by atoms with Crippen molar-refractivity contribution < 1.29 is 9.32 Å². The van der Waals surface area contributed by atoms with Crippen LogP contribution in [0, 0.1) is 0 Å². The lowest BCUT2D eigenvalue weighted by molar-refractivity contribution is 0.0972. The van der Waals surface area contributed by atoms with E-state index in [1.54, 1.807) is 12.1 Å². The Kier molecular flexibility index (Phi) is 3.01. The van der Waals surface area contributed by atoms with E-state index in [0.717, 1.165) is 5.56 Å². The number of hydrogen-bond acceptors (Lipinski definition) is 4. The Hall–Kier alpha value is -1.68. The Morgan fingerprint density at radius 3 is 2.62 bits per heavy atom. The molecule has 0 saturated heterocycles. The summed E-state index contributed by atoms with van der Waals surface area (Å²) in [5.41, 5.74) is 1.01. The lowest BCUT2D eigenvalue weighted by Crippen LogP contribution is -1.94. The van der Waals surface area contributed by atoms with Gasteiger partial charge in [0.15, 0.2) is 5.82 Å². The molecule has 16 heavy (non-hydrogen) atoms. The Morgan fingerprint density at radius 1 is 1.38 bits per heavy atom. The van der Waals surface area contributed by atoms with Crippen molar-refractivity contribution in [3.8, 4) is 0 Å². The number of Topliss-reactive ketones (excluding diaryl/α,β-unsaturated/α-hetero) is 1. The minimum Gasteiger partial charge on any atom is -0.331 e. The maximum Gasteiger partial charge on any atom is 0.293 e. The zero-order chi connectivity index (χ0) is 11.5. The molecule has 1 aromatic heterocycles. The van der Waals surface area contributed by atoms with Crippen molar-refractivity contribution in [3.05, 3.63) is 46.6 Å². The van der Waals surface area contributed by atoms with Crippen molar-refractivity contribution in [2.75, 3.05) is 0 Å². The SMILES string of the molecule is CC(=O)c1nc(Cc2ccc(Cl)cc2)no1. The highest BCUT2D eigenvalue weighted by Gasteiger charge is 2.10. The molecular formula is C11H9ClN2O2. The van der Waals surface area contributed by atoms with Crippen LogP contribution in [0.25, 0.3) is 0 Å². The van der Waals surface area contributed by atoms with Crippen LogP contribution in [-0.4, -0.2) is 15.9 Å². The number of carbonyl (C=O) groups is 1. The van der Waals surface area contributed by atoms with Gasteiger partial charge in [-0.2, -0.15) is 4.98 Å². The Balaban J connectivity index is 2.14. The minimum atomic E-state index is -0.227. The average Bonchev–Trinajstić information content (AvgIpc) is 2.70. The van der Waals surface area contributed by atoms with Gasteiger partial charge in [-0.15, -0.1) is 0 Å². The number of ketones is 1. The Bertz CT molecular complexity index is 505. The van der Waals surface area contributed by atoms with Gasteiger partial charge >= 0.3 is 0 Å². The molecule has 0 aliphatic heterocycles. The summed E-state index contributed by atoms with van der Waals surface area (Å²) in [5.74, 6) is 0.311. The number of aromatic nitrogens is 2. The molecule has 2 aromatic rings. The van der Waals surface area contributed by atoms with Crippen LogP contribution in [-0.2, 0) is 6.42 Å². The van der Waals surface area contributed by atoms with E-state index in [1.807, 2.05) is 12.1 Å². The van der Waals surface area contributed by atoms with Gasteiger partial charge in [0.2, 0.25) is 5.78 Å². The van der Waals surface area contributed by atoms with Crippen molar-refractivity contribution in [2.45, 2.75) is 13.3 Å². The number of rotatable bonds is 3. The Morgan fingerprint density at radius 2 is 2.06 bits per heavy atom. The molecule has 0 saturated carbocycles. The van der Waals surface area contributed by atoms with Gasteiger partial charge < -0.3 is 4.52 Å². The molecule has 0 unspecified atom stereocenters. The average molecular weight is 237 g/mol. The summed E-state index contributed by atoms with van der Waals surface area (Å²) in [4.78, 5) is 14.9. The van der Waals surface area contributed by atoms with Crippen LogP contribution in [0.15, 0.2) is 28.8 Å². The number of carbonyl (C=O) groups excluding carboxylic acids is 1. The summed E-state index contributed by atoms with van der Waals surface area (Å²) in [7, 11) is 0. The third-order valence-electron chi connectivity index (χ3n) is 2.04. The van der Waals surface area contributed by atoms with Crippen molar-refractivity contribution in [1.82, 2.24) is 10.1 Å². The zero-order valence-electron chi connectivity index (χ0n) is 8.61. The first-order chi connectivity index (χ1) is 7.65. The van der Waals surface area contributed by atoms with E-state index in [1.165, 1.54) is 6.92 Å². The monoisotopic (exact) mass is 236 g/mol. The molecule has 82 valence electrons. The topological polar surface area (TPSA) is 56.0 Å². The lowest BCUT2D eigenvalue weighted by atomic mass is 10.1. The fraction of sp³-hybridized carbons (Fsp3) is 0.182. The maximum absolute atomic E-state index is 10.9. The Labute approximate surface area is 97.2 Å². The third-order valence-corrected chi connectivity index (χ3v) is 2.30. The second-order valence-corrected chi connectivity index (χ2v) is 3.81. The lowest BCUT2D eigenvalue weighted by Gasteiger charge is -1.95. The predicted molar refractivity (Wildman–Crippen MR) is 58.6 cm³/mol. The van der Waals surface area contributed by atoms with Crippen LogP contribution in [0.2, 0.25) is 5.02 Å². The second-order valence-electron chi connectivity index (χ2n) is 3.38. The van der Waals surface area contributed by atoms with Crippen LogP contribution < -0.4 is 0 Å². The van der Waals surface area contributed by atoms with Gasteiger partial charge in [0.05, 0.1) is 0 Å². The molecule has 0 spiro atoms. The van der Waals surface area contributed by atoms with E-state index in [2.05, 4.69) is 10.1 Å². The summed E-state index contributed by atoms with van der Waals surface area (Å²) in [6.45, 7) is 1.39. The summed E-state index contributed by atoms with van der Waals surface area (Å²) < 4.78 is 4.79. The van der Waals surface area contributed by atoms with E-state index in [0.29, 0.717) is 17.3 Å². The molecule has 0 radical (unpaired) electrons. The molecule has 0 atom stereocenters. The predicted octanol–water partition coefficient (Wildman–Crippen LogP) is 2.52. The molecule has 0 aliphatic rings. The molecule has 4 nitrogen and oxygen atoms in total. The minimum absolute atomic E-state index is 0.0453. The van der Waals surface area contributed by atoms with Crippen molar-refractivity contribution in [3.63, 3.8) is 0 Å². The number of halogens is 1. The highest BCUT2D eigenvalue weighted by atomic mass is 35.5. The van der Waals surface area contributed by atoms with E-state index in [-0.39, 0.29) is 11.7 Å². The third kappa shape index (κ3) is 2.46. The molecule has 1 aromatic carbocycles. The smallest absolute Gasteiger partial charge is 0.293 e. The molecule has 0 aliphatic carbocycles. The van der Waals surface area contributed by atoms with Crippen LogP contribution in [0.1, 0.15) is 29.0 Å². The summed E-state index contributed by atoms with van der Waals surface area (Å²) in [6, 6.07) is 7.35. The van der Waals surface area contributed by atoms with Crippen LogP contribution in [0.4, 0.5) is 0 Å². The van der Waals surface area contributed by atoms with Gasteiger partial charge in [0.1, 0.15) is 0 Å². The fourth-order valence-corrected chi connectivity index (χ4v) is 1.38. The first-order valence-corrected chi connectivity index (χ1v) is 5.11. The van der Waals surface area contributed by atoms with E-state index >= 15 is 0 Å². The maximum atomic E-state index is 10.9. The highest BCUT2D eigenvalue weighted by molar-refractivity contribution is 6.30. The quantitative estimate of drug-likeness (QED) is 0.769. The summed E-state index contributed by atoms with van der Waals surface area (Å²) in [6.07, 6.45) is 0.522. The van der Waals surface area contributed by atoms with Gasteiger partial charge in [0.25, 0.3) is 5.89 Å². The molecule has 0 bridgehead atoms. The molecule has 1 heterocycles. The number of benzene rings is 1. The standard InChI is InChI=1S/C11H9ClN2O2/c1-7(15)11-13-10(14-16-11)6-8-2-4-9(12)5-3-8/h2-5H,6H2,1H3. The molecule has 0 fully saturated rings. The van der Waals surface area contributed by atoms with Crippen LogP contribution >= 0.6 is 11.6 Å². The zero-order valence-corrected chi connectivity index (χ0v) is 9.36. The van der Waals surface area contributed by atoms with Gasteiger partial charge in [-0.3, -0.25) is 4.79 Å². The second kappa shape index (κ2) is 4.45. The first kappa shape index (κ1) is 10.8. The summed E-state index contributed by atoms with van der Waals surface area (Å²) in [5, 5.41) is 4.40. The van der Waals surface area contributed by atoms with Gasteiger partial charge in [-0.1, -0.05) is 28.9 Å². The first-order valence-electron chi connectivity index (χ1n) is 4.73. The van der Waals surface area contributed by atoms with E-state index in [9.17, 15) is 4.79 Å². The highest BCUT2D eigenvalue weighted by Crippen LogP contribution is 2.12. The van der Waals surface area contributed by atoms with E-state index < -0.39 is 0 Å². The van der Waals surface area contributed by atoms with Gasteiger partial charge in [0, 0.05) is 18.4 Å². The fourth-order valence-electron chi connectivity index (χ4n) is 1.25. The van der Waals surface area contributed by atoms with E-state index in [4.69, 9.17) is 16.1 Å². The van der Waals surface area contributed by atoms with Crippen molar-refractivity contribution >= 4 is 17.4 Å². The van der Waals surface area contributed by atoms with Crippen LogP contribution in [0.3, 0.4) is 0 Å². The van der Waals surface area contributed by atoms with Crippen LogP contribution in [0.5, 0.6) is 0 Å². The molecule has 2 rings (SSSR count). The number of nitrogens with zero attached hydrogens (tertiary/aromatic N) is 2. The molecular weight excluding hydrogens is 228 g/mol. The van der Waals surface area contributed by atoms with Crippen molar-refractivity contribution in [1.29, 1.82) is 0 Å².